The van der Waals surface area contributed by atoms with Crippen molar-refractivity contribution in [1.82, 2.24) is 16.0 Å². The van der Waals surface area contributed by atoms with E-state index in [1.54, 1.807) is 19.2 Å². The second-order valence-electron chi connectivity index (χ2n) is 5.60. The maximum absolute atomic E-state index is 12.0. The summed E-state index contributed by atoms with van der Waals surface area (Å²) in [6.07, 6.45) is 1.01. The predicted octanol–water partition coefficient (Wildman–Crippen LogP) is 2.96. The maximum Gasteiger partial charge on any atom is 0.251 e. The Morgan fingerprint density at radius 2 is 1.50 bits per heavy atom. The number of carbonyl (C=O) groups is 1. The number of nitrogens with zero attached hydrogens (tertiary/aromatic N) is 1. The van der Waals surface area contributed by atoms with Crippen molar-refractivity contribution in [2.45, 2.75) is 19.9 Å². The first-order valence-corrected chi connectivity index (χ1v) is 8.59. The summed E-state index contributed by atoms with van der Waals surface area (Å²) in [7, 11) is 1.74. The average Bonchev–Trinajstić information content (AvgIpc) is 2.68. The van der Waals surface area contributed by atoms with Crippen molar-refractivity contribution in [3.05, 3.63) is 71.3 Å². The van der Waals surface area contributed by atoms with E-state index in [0.717, 1.165) is 18.9 Å². The molecule has 0 saturated carbocycles. The van der Waals surface area contributed by atoms with Gasteiger partial charge in [-0.1, -0.05) is 49.4 Å². The molecule has 0 bridgehead atoms. The lowest BCUT2D eigenvalue weighted by molar-refractivity contribution is 0.0954. The molecule has 6 heteroatoms. The molecule has 0 heterocycles. The molecule has 0 aliphatic carbocycles. The number of hydrogen-bond acceptors (Lipinski definition) is 2. The van der Waals surface area contributed by atoms with E-state index >= 15 is 0 Å². The number of guanidine groups is 1. The Balaban J connectivity index is 0.00000338. The van der Waals surface area contributed by atoms with Gasteiger partial charge in [0.05, 0.1) is 0 Å². The minimum atomic E-state index is -0.0674. The van der Waals surface area contributed by atoms with Crippen LogP contribution in [-0.2, 0) is 13.0 Å². The Bertz CT molecular complexity index is 704. The highest BCUT2D eigenvalue weighted by molar-refractivity contribution is 14.0. The number of hydrogen-bond donors (Lipinski definition) is 3. The van der Waals surface area contributed by atoms with Crippen LogP contribution in [0.15, 0.2) is 59.6 Å². The SMILES string of the molecule is CCc1ccccc1CNC(=NC)NCCNC(=O)c1ccccc1.I. The number of aryl methyl sites for hydroxylation is 1. The third kappa shape index (κ3) is 7.03. The van der Waals surface area contributed by atoms with E-state index in [4.69, 9.17) is 0 Å². The van der Waals surface area contributed by atoms with Crippen LogP contribution in [0.4, 0.5) is 0 Å². The van der Waals surface area contributed by atoms with Crippen molar-refractivity contribution in [2.24, 2.45) is 4.99 Å². The van der Waals surface area contributed by atoms with E-state index in [1.165, 1.54) is 11.1 Å². The van der Waals surface area contributed by atoms with Crippen LogP contribution in [0.1, 0.15) is 28.4 Å². The fourth-order valence-corrected chi connectivity index (χ4v) is 2.52. The lowest BCUT2D eigenvalue weighted by Crippen LogP contribution is -2.41. The Morgan fingerprint density at radius 3 is 2.15 bits per heavy atom. The van der Waals surface area contributed by atoms with Crippen molar-refractivity contribution in [2.75, 3.05) is 20.1 Å². The van der Waals surface area contributed by atoms with Crippen molar-refractivity contribution in [3.63, 3.8) is 0 Å². The van der Waals surface area contributed by atoms with Crippen LogP contribution in [0, 0.1) is 0 Å². The van der Waals surface area contributed by atoms with E-state index in [2.05, 4.69) is 46.1 Å². The van der Waals surface area contributed by atoms with E-state index in [-0.39, 0.29) is 29.9 Å². The summed E-state index contributed by atoms with van der Waals surface area (Å²) in [4.78, 5) is 16.2. The molecule has 26 heavy (non-hydrogen) atoms. The average molecular weight is 466 g/mol. The number of aliphatic imine (C=N–C) groups is 1. The van der Waals surface area contributed by atoms with Gasteiger partial charge in [0.2, 0.25) is 0 Å². The lowest BCUT2D eigenvalue weighted by Gasteiger charge is -2.14. The third-order valence-electron chi connectivity index (χ3n) is 3.91. The van der Waals surface area contributed by atoms with Gasteiger partial charge < -0.3 is 16.0 Å². The Hall–Kier alpha value is -2.09. The fraction of sp³-hybridized carbons (Fsp3) is 0.300. The van der Waals surface area contributed by atoms with Gasteiger partial charge in [0, 0.05) is 32.2 Å². The van der Waals surface area contributed by atoms with Gasteiger partial charge in [0.15, 0.2) is 5.96 Å². The van der Waals surface area contributed by atoms with Crippen LogP contribution in [0.2, 0.25) is 0 Å². The monoisotopic (exact) mass is 466 g/mol. The van der Waals surface area contributed by atoms with Crippen LogP contribution < -0.4 is 16.0 Å². The van der Waals surface area contributed by atoms with Crippen LogP contribution in [0.25, 0.3) is 0 Å². The molecule has 0 unspecified atom stereocenters. The van der Waals surface area contributed by atoms with Crippen LogP contribution in [0.3, 0.4) is 0 Å². The topological polar surface area (TPSA) is 65.5 Å². The van der Waals surface area contributed by atoms with E-state index in [1.807, 2.05) is 24.3 Å². The molecular weight excluding hydrogens is 439 g/mol. The largest absolute Gasteiger partial charge is 0.355 e. The number of carbonyl (C=O) groups excluding carboxylic acids is 1. The Kier molecular flexibility index (Phi) is 10.4. The molecular formula is C20H27IN4O. The van der Waals surface area contributed by atoms with Gasteiger partial charge in [-0.05, 0) is 29.7 Å². The Morgan fingerprint density at radius 1 is 0.885 bits per heavy atom. The zero-order chi connectivity index (χ0) is 17.9. The van der Waals surface area contributed by atoms with Gasteiger partial charge in [0.1, 0.15) is 0 Å². The van der Waals surface area contributed by atoms with Crippen molar-refractivity contribution >= 4 is 35.8 Å². The van der Waals surface area contributed by atoms with Gasteiger partial charge in [-0.2, -0.15) is 0 Å². The van der Waals surface area contributed by atoms with Crippen molar-refractivity contribution in [3.8, 4) is 0 Å². The molecule has 0 atom stereocenters. The highest BCUT2D eigenvalue weighted by Gasteiger charge is 2.04. The third-order valence-corrected chi connectivity index (χ3v) is 3.91. The normalized spacial score (nSPS) is 10.6. The zero-order valence-corrected chi connectivity index (χ0v) is 17.6. The standard InChI is InChI=1S/C20H26N4O.HI/c1-3-16-9-7-8-12-18(16)15-24-20(21-2)23-14-13-22-19(25)17-10-5-4-6-11-17;/h4-12H,3,13-15H2,1-2H3,(H,22,25)(H2,21,23,24);1H. The van der Waals surface area contributed by atoms with Crippen molar-refractivity contribution in [1.29, 1.82) is 0 Å². The number of benzene rings is 2. The molecule has 140 valence electrons. The minimum absolute atomic E-state index is 0. The lowest BCUT2D eigenvalue weighted by atomic mass is 10.1. The molecule has 2 rings (SSSR count). The van der Waals surface area contributed by atoms with E-state index in [9.17, 15) is 4.79 Å². The highest BCUT2D eigenvalue weighted by atomic mass is 127. The number of rotatable bonds is 7. The molecule has 0 aliphatic heterocycles. The molecule has 0 spiro atoms. The summed E-state index contributed by atoms with van der Waals surface area (Å²) in [6.45, 7) is 4.01. The maximum atomic E-state index is 12.0. The summed E-state index contributed by atoms with van der Waals surface area (Å²) in [5.74, 6) is 0.655. The van der Waals surface area contributed by atoms with Gasteiger partial charge in [-0.3, -0.25) is 9.79 Å². The molecule has 2 aromatic rings. The van der Waals surface area contributed by atoms with Crippen LogP contribution in [0.5, 0.6) is 0 Å². The summed E-state index contributed by atoms with van der Waals surface area (Å²) < 4.78 is 0. The first-order valence-electron chi connectivity index (χ1n) is 8.59. The summed E-state index contributed by atoms with van der Waals surface area (Å²) in [5.41, 5.74) is 3.27. The smallest absolute Gasteiger partial charge is 0.251 e. The number of halogens is 1. The van der Waals surface area contributed by atoms with Crippen LogP contribution in [-0.4, -0.2) is 32.0 Å². The van der Waals surface area contributed by atoms with E-state index in [0.29, 0.717) is 18.7 Å². The summed E-state index contributed by atoms with van der Waals surface area (Å²) >= 11 is 0. The summed E-state index contributed by atoms with van der Waals surface area (Å²) in [6, 6.07) is 17.6. The molecule has 0 fully saturated rings. The number of amides is 1. The highest BCUT2D eigenvalue weighted by Crippen LogP contribution is 2.08. The predicted molar refractivity (Wildman–Crippen MR) is 118 cm³/mol. The first kappa shape index (κ1) is 22.0. The van der Waals surface area contributed by atoms with E-state index < -0.39 is 0 Å². The van der Waals surface area contributed by atoms with Crippen molar-refractivity contribution < 1.29 is 4.79 Å². The molecule has 0 saturated heterocycles. The second-order valence-corrected chi connectivity index (χ2v) is 5.60. The van der Waals surface area contributed by atoms with Gasteiger partial charge in [-0.25, -0.2) is 0 Å². The molecule has 5 nitrogen and oxygen atoms in total. The van der Waals surface area contributed by atoms with Gasteiger partial charge in [0.25, 0.3) is 5.91 Å². The first-order chi connectivity index (χ1) is 12.2. The summed E-state index contributed by atoms with van der Waals surface area (Å²) in [5, 5.41) is 9.40. The molecule has 3 N–H and O–H groups in total. The second kappa shape index (κ2) is 12.3. The molecule has 2 aromatic carbocycles. The van der Waals surface area contributed by atoms with Gasteiger partial charge >= 0.3 is 0 Å². The fourth-order valence-electron chi connectivity index (χ4n) is 2.52. The quantitative estimate of drug-likeness (QED) is 0.255. The molecule has 0 aromatic heterocycles. The number of nitrogens with one attached hydrogen (secondary N) is 3. The van der Waals surface area contributed by atoms with Gasteiger partial charge in [-0.15, -0.1) is 24.0 Å². The molecule has 0 aliphatic rings. The Labute approximate surface area is 172 Å². The zero-order valence-electron chi connectivity index (χ0n) is 15.3. The minimum Gasteiger partial charge on any atom is -0.355 e. The van der Waals surface area contributed by atoms with Crippen LogP contribution >= 0.6 is 24.0 Å². The molecule has 1 amide bonds. The molecule has 0 radical (unpaired) electrons.